The van der Waals surface area contributed by atoms with Gasteiger partial charge in [-0.2, -0.15) is 11.8 Å². The van der Waals surface area contributed by atoms with E-state index >= 15 is 0 Å². The van der Waals surface area contributed by atoms with Gasteiger partial charge in [-0.3, -0.25) is 10.1 Å². The minimum atomic E-state index is -0.368. The van der Waals surface area contributed by atoms with Crippen molar-refractivity contribution in [3.05, 3.63) is 33.9 Å². The van der Waals surface area contributed by atoms with Crippen molar-refractivity contribution in [2.24, 2.45) is 0 Å². The summed E-state index contributed by atoms with van der Waals surface area (Å²) in [5.41, 5.74) is 1.70. The van der Waals surface area contributed by atoms with Gasteiger partial charge in [0.2, 0.25) is 0 Å². The van der Waals surface area contributed by atoms with Crippen molar-refractivity contribution >= 4 is 23.1 Å². The Hall–Kier alpha value is -1.27. The number of rotatable bonds is 8. The van der Waals surface area contributed by atoms with E-state index in [1.165, 1.54) is 0 Å². The Morgan fingerprint density at radius 1 is 1.45 bits per heavy atom. The number of aliphatic hydroxyl groups excluding tert-OH is 1. The van der Waals surface area contributed by atoms with E-state index in [0.717, 1.165) is 17.7 Å². The number of nitrogens with zero attached hydrogens (tertiary/aromatic N) is 1. The molecule has 0 radical (unpaired) electrons. The first kappa shape index (κ1) is 16.8. The van der Waals surface area contributed by atoms with E-state index < -0.39 is 0 Å². The molecule has 0 amide bonds. The molecule has 0 saturated carbocycles. The molecule has 6 heteroatoms. The van der Waals surface area contributed by atoms with Crippen LogP contribution in [0, 0.1) is 10.1 Å². The highest BCUT2D eigenvalue weighted by Crippen LogP contribution is 2.28. The smallest absolute Gasteiger partial charge is 0.292 e. The molecule has 1 rings (SSSR count). The number of nitro groups is 1. The summed E-state index contributed by atoms with van der Waals surface area (Å²) in [6.45, 7) is 6.46. The normalized spacial score (nSPS) is 13.8. The van der Waals surface area contributed by atoms with Gasteiger partial charge in [-0.05, 0) is 25.0 Å². The Morgan fingerprint density at radius 3 is 2.70 bits per heavy atom. The van der Waals surface area contributed by atoms with Crippen LogP contribution in [0.15, 0.2) is 18.2 Å². The number of thioether (sulfide) groups is 1. The zero-order chi connectivity index (χ0) is 15.1. The third-order valence-electron chi connectivity index (χ3n) is 3.02. The van der Waals surface area contributed by atoms with Crippen LogP contribution in [0.3, 0.4) is 0 Å². The predicted octanol–water partition coefficient (Wildman–Crippen LogP) is 3.42. The molecule has 0 bridgehead atoms. The quantitative estimate of drug-likeness (QED) is 0.568. The molecule has 0 aliphatic rings. The van der Waals surface area contributed by atoms with Gasteiger partial charge in [0.25, 0.3) is 5.69 Å². The molecule has 0 heterocycles. The standard InChI is InChI=1S/C14H22N2O3S/c1-4-7-15-13-8-12(5-6-14(13)16(18)19)9-20-11(3)10(2)17/h5-6,8,10-11,15,17H,4,7,9H2,1-3H3. The van der Waals surface area contributed by atoms with E-state index in [1.54, 1.807) is 30.8 Å². The molecular formula is C14H22N2O3S. The second-order valence-electron chi connectivity index (χ2n) is 4.79. The third-order valence-corrected chi connectivity index (χ3v) is 4.44. The lowest BCUT2D eigenvalue weighted by Crippen LogP contribution is -2.15. The number of nitro benzene ring substituents is 1. The van der Waals surface area contributed by atoms with Crippen LogP contribution in [0.4, 0.5) is 11.4 Å². The first-order valence-electron chi connectivity index (χ1n) is 6.76. The predicted molar refractivity (Wildman–Crippen MR) is 84.3 cm³/mol. The second kappa shape index (κ2) is 8.11. The summed E-state index contributed by atoms with van der Waals surface area (Å²) in [6.07, 6.45) is 0.547. The van der Waals surface area contributed by atoms with Crippen LogP contribution in [0.2, 0.25) is 0 Å². The van der Waals surface area contributed by atoms with Crippen molar-refractivity contribution in [3.63, 3.8) is 0 Å². The summed E-state index contributed by atoms with van der Waals surface area (Å²) >= 11 is 1.64. The molecule has 20 heavy (non-hydrogen) atoms. The van der Waals surface area contributed by atoms with Crippen LogP contribution in [0.5, 0.6) is 0 Å². The Labute approximate surface area is 123 Å². The Kier molecular flexibility index (Phi) is 6.81. The van der Waals surface area contributed by atoms with Crippen LogP contribution in [0.1, 0.15) is 32.8 Å². The Morgan fingerprint density at radius 2 is 2.15 bits per heavy atom. The number of aliphatic hydroxyl groups is 1. The van der Waals surface area contributed by atoms with Crippen LogP contribution < -0.4 is 5.32 Å². The summed E-state index contributed by atoms with van der Waals surface area (Å²) < 4.78 is 0. The summed E-state index contributed by atoms with van der Waals surface area (Å²) in [6, 6.07) is 5.15. The van der Waals surface area contributed by atoms with Crippen molar-refractivity contribution in [1.29, 1.82) is 0 Å². The fourth-order valence-corrected chi connectivity index (χ4v) is 2.51. The van der Waals surface area contributed by atoms with Crippen LogP contribution in [0.25, 0.3) is 0 Å². The van der Waals surface area contributed by atoms with Gasteiger partial charge >= 0.3 is 0 Å². The van der Waals surface area contributed by atoms with E-state index in [1.807, 2.05) is 19.9 Å². The number of anilines is 1. The maximum absolute atomic E-state index is 11.0. The maximum Gasteiger partial charge on any atom is 0.292 e. The fraction of sp³-hybridized carbons (Fsp3) is 0.571. The Balaban J connectivity index is 2.80. The zero-order valence-electron chi connectivity index (χ0n) is 12.1. The number of hydrogen-bond donors (Lipinski definition) is 2. The summed E-state index contributed by atoms with van der Waals surface area (Å²) in [5, 5.41) is 23.7. The molecule has 1 aromatic carbocycles. The summed E-state index contributed by atoms with van der Waals surface area (Å²) in [5.74, 6) is 0.727. The molecule has 0 spiro atoms. The average Bonchev–Trinajstić information content (AvgIpc) is 2.42. The maximum atomic E-state index is 11.0. The SMILES string of the molecule is CCCNc1cc(CSC(C)C(C)O)ccc1[N+](=O)[O-]. The molecule has 5 nitrogen and oxygen atoms in total. The first-order valence-corrected chi connectivity index (χ1v) is 7.81. The number of hydrogen-bond acceptors (Lipinski definition) is 5. The zero-order valence-corrected chi connectivity index (χ0v) is 12.9. The lowest BCUT2D eigenvalue weighted by Gasteiger charge is -2.14. The van der Waals surface area contributed by atoms with Crippen molar-refractivity contribution in [2.75, 3.05) is 11.9 Å². The molecule has 0 aliphatic heterocycles. The second-order valence-corrected chi connectivity index (χ2v) is 6.16. The van der Waals surface area contributed by atoms with Crippen molar-refractivity contribution in [2.45, 2.75) is 44.3 Å². The van der Waals surface area contributed by atoms with Crippen molar-refractivity contribution in [1.82, 2.24) is 0 Å². The van der Waals surface area contributed by atoms with Gasteiger partial charge in [-0.15, -0.1) is 0 Å². The molecule has 0 fully saturated rings. The fourth-order valence-electron chi connectivity index (χ4n) is 1.60. The van der Waals surface area contributed by atoms with E-state index in [4.69, 9.17) is 0 Å². The van der Waals surface area contributed by atoms with Crippen LogP contribution in [-0.2, 0) is 5.75 Å². The van der Waals surface area contributed by atoms with Gasteiger partial charge in [0, 0.05) is 23.6 Å². The van der Waals surface area contributed by atoms with Gasteiger partial charge < -0.3 is 10.4 Å². The van der Waals surface area contributed by atoms with Gasteiger partial charge in [-0.25, -0.2) is 0 Å². The van der Waals surface area contributed by atoms with E-state index in [-0.39, 0.29) is 22.0 Å². The first-order chi connectivity index (χ1) is 9.45. The molecule has 2 atom stereocenters. The molecule has 2 N–H and O–H groups in total. The third kappa shape index (κ3) is 5.02. The van der Waals surface area contributed by atoms with Crippen LogP contribution >= 0.6 is 11.8 Å². The number of benzene rings is 1. The highest BCUT2D eigenvalue weighted by Gasteiger charge is 2.15. The lowest BCUT2D eigenvalue weighted by atomic mass is 10.2. The molecule has 0 saturated heterocycles. The van der Waals surface area contributed by atoms with Crippen molar-refractivity contribution < 1.29 is 10.0 Å². The topological polar surface area (TPSA) is 75.4 Å². The summed E-state index contributed by atoms with van der Waals surface area (Å²) in [4.78, 5) is 10.6. The van der Waals surface area contributed by atoms with Gasteiger partial charge in [0.15, 0.2) is 0 Å². The van der Waals surface area contributed by atoms with E-state index in [9.17, 15) is 15.2 Å². The largest absolute Gasteiger partial charge is 0.392 e. The minimum Gasteiger partial charge on any atom is -0.392 e. The molecular weight excluding hydrogens is 276 g/mol. The highest BCUT2D eigenvalue weighted by atomic mass is 32.2. The Bertz CT molecular complexity index is 452. The van der Waals surface area contributed by atoms with E-state index in [0.29, 0.717) is 12.2 Å². The van der Waals surface area contributed by atoms with Crippen molar-refractivity contribution in [3.8, 4) is 0 Å². The van der Waals surface area contributed by atoms with E-state index in [2.05, 4.69) is 5.32 Å². The summed E-state index contributed by atoms with van der Waals surface area (Å²) in [7, 11) is 0. The number of nitrogens with one attached hydrogen (secondary N) is 1. The van der Waals surface area contributed by atoms with Gasteiger partial charge in [-0.1, -0.05) is 19.9 Å². The molecule has 0 aromatic heterocycles. The monoisotopic (exact) mass is 298 g/mol. The average molecular weight is 298 g/mol. The highest BCUT2D eigenvalue weighted by molar-refractivity contribution is 7.99. The molecule has 112 valence electrons. The van der Waals surface area contributed by atoms with Crippen LogP contribution in [-0.4, -0.2) is 27.9 Å². The molecule has 2 unspecified atom stereocenters. The van der Waals surface area contributed by atoms with Gasteiger partial charge in [0.1, 0.15) is 5.69 Å². The molecule has 1 aromatic rings. The van der Waals surface area contributed by atoms with Gasteiger partial charge in [0.05, 0.1) is 11.0 Å². The molecule has 0 aliphatic carbocycles. The lowest BCUT2D eigenvalue weighted by molar-refractivity contribution is -0.384. The minimum absolute atomic E-state index is 0.107.